The van der Waals surface area contributed by atoms with E-state index in [1.165, 1.54) is 12.1 Å². The predicted molar refractivity (Wildman–Crippen MR) is 88.3 cm³/mol. The Morgan fingerprint density at radius 2 is 1.77 bits per heavy atom. The minimum absolute atomic E-state index is 0.0731. The number of hydrogen-bond acceptors (Lipinski definition) is 5. The van der Waals surface area contributed by atoms with Crippen molar-refractivity contribution in [2.45, 2.75) is 0 Å². The molecule has 0 saturated carbocycles. The number of nitro benzene ring substituents is 1. The molecule has 6 heteroatoms. The van der Waals surface area contributed by atoms with Crippen molar-refractivity contribution in [1.29, 1.82) is 0 Å². The smallest absolute Gasteiger partial charge is 0.269 e. The van der Waals surface area contributed by atoms with E-state index in [1.54, 1.807) is 12.1 Å². The average Bonchev–Trinajstić information content (AvgIpc) is 2.52. The first-order valence-electron chi connectivity index (χ1n) is 6.83. The lowest BCUT2D eigenvalue weighted by atomic mass is 10.1. The van der Waals surface area contributed by atoms with Gasteiger partial charge in [-0.25, -0.2) is 0 Å². The van der Waals surface area contributed by atoms with Crippen molar-refractivity contribution in [3.63, 3.8) is 0 Å². The molecule has 114 valence electrons. The van der Waals surface area contributed by atoms with E-state index < -0.39 is 4.92 Å². The monoisotopic (exact) mass is 298 g/mol. The summed E-state index contributed by atoms with van der Waals surface area (Å²) in [4.78, 5) is 12.3. The molecule has 0 unspecified atom stereocenters. The van der Waals surface area contributed by atoms with E-state index in [0.717, 1.165) is 17.0 Å². The fourth-order valence-corrected chi connectivity index (χ4v) is 1.91. The van der Waals surface area contributed by atoms with Gasteiger partial charge in [0.2, 0.25) is 0 Å². The summed E-state index contributed by atoms with van der Waals surface area (Å²) in [6.45, 7) is 0.623. The zero-order valence-electron chi connectivity index (χ0n) is 12.6. The van der Waals surface area contributed by atoms with Gasteiger partial charge in [0, 0.05) is 18.7 Å². The maximum atomic E-state index is 10.7. The van der Waals surface area contributed by atoms with Crippen molar-refractivity contribution in [3.05, 3.63) is 70.3 Å². The van der Waals surface area contributed by atoms with Gasteiger partial charge in [0.15, 0.2) is 0 Å². The Hall–Kier alpha value is -2.73. The highest BCUT2D eigenvalue weighted by Crippen LogP contribution is 2.13. The molecule has 1 N–H and O–H groups in total. The SMILES string of the molecule is CN(C)C/C(=N/Nc1ccccc1)c1ccc([N+](=O)[O-])cc1. The zero-order valence-corrected chi connectivity index (χ0v) is 12.6. The van der Waals surface area contributed by atoms with Gasteiger partial charge in [-0.15, -0.1) is 0 Å². The number of rotatable bonds is 6. The first-order valence-corrected chi connectivity index (χ1v) is 6.83. The van der Waals surface area contributed by atoms with Crippen molar-refractivity contribution in [1.82, 2.24) is 4.90 Å². The first kappa shape index (κ1) is 15.7. The molecule has 6 nitrogen and oxygen atoms in total. The van der Waals surface area contributed by atoms with Crippen molar-refractivity contribution in [2.24, 2.45) is 5.10 Å². The third-order valence-electron chi connectivity index (χ3n) is 2.97. The molecule has 2 rings (SSSR count). The fraction of sp³-hybridized carbons (Fsp3) is 0.188. The van der Waals surface area contributed by atoms with Crippen LogP contribution in [0.4, 0.5) is 11.4 Å². The molecule has 0 heterocycles. The van der Waals surface area contributed by atoms with Crippen molar-refractivity contribution in [2.75, 3.05) is 26.1 Å². The van der Waals surface area contributed by atoms with Gasteiger partial charge in [0.05, 0.1) is 16.3 Å². The molecule has 0 aromatic heterocycles. The Bertz CT molecular complexity index is 652. The molecule has 0 radical (unpaired) electrons. The minimum atomic E-state index is -0.408. The molecule has 2 aromatic rings. The maximum Gasteiger partial charge on any atom is 0.269 e. The topological polar surface area (TPSA) is 70.8 Å². The highest BCUT2D eigenvalue weighted by atomic mass is 16.6. The van der Waals surface area contributed by atoms with E-state index in [2.05, 4.69) is 10.5 Å². The first-order chi connectivity index (χ1) is 10.6. The number of anilines is 1. The fourth-order valence-electron chi connectivity index (χ4n) is 1.91. The Kier molecular flexibility index (Phi) is 5.21. The van der Waals surface area contributed by atoms with Crippen LogP contribution < -0.4 is 5.43 Å². The van der Waals surface area contributed by atoms with Gasteiger partial charge in [0.1, 0.15) is 0 Å². The van der Waals surface area contributed by atoms with Crippen LogP contribution in [0, 0.1) is 10.1 Å². The normalized spacial score (nSPS) is 11.5. The van der Waals surface area contributed by atoms with Gasteiger partial charge >= 0.3 is 0 Å². The number of hydrogen-bond donors (Lipinski definition) is 1. The second-order valence-corrected chi connectivity index (χ2v) is 5.08. The number of non-ortho nitro benzene ring substituents is 1. The Labute approximate surface area is 129 Å². The lowest BCUT2D eigenvalue weighted by molar-refractivity contribution is -0.384. The molecule has 22 heavy (non-hydrogen) atoms. The summed E-state index contributed by atoms with van der Waals surface area (Å²) in [5.74, 6) is 0. The molecular formula is C16H18N4O2. The molecule has 0 bridgehead atoms. The number of nitrogens with one attached hydrogen (secondary N) is 1. The molecule has 0 saturated heterocycles. The number of para-hydroxylation sites is 1. The summed E-state index contributed by atoms with van der Waals surface area (Å²) >= 11 is 0. The highest BCUT2D eigenvalue weighted by Gasteiger charge is 2.09. The van der Waals surface area contributed by atoms with Crippen molar-refractivity contribution >= 4 is 17.1 Å². The quantitative estimate of drug-likeness (QED) is 0.505. The van der Waals surface area contributed by atoms with E-state index >= 15 is 0 Å². The van der Waals surface area contributed by atoms with Crippen LogP contribution in [0.1, 0.15) is 5.56 Å². The van der Waals surface area contributed by atoms with Crippen LogP contribution in [0.25, 0.3) is 0 Å². The lowest BCUT2D eigenvalue weighted by Gasteiger charge is -2.13. The largest absolute Gasteiger partial charge is 0.303 e. The molecule has 0 fully saturated rings. The molecule has 0 aliphatic heterocycles. The number of nitrogens with zero attached hydrogens (tertiary/aromatic N) is 3. The number of hydrazone groups is 1. The van der Waals surface area contributed by atoms with E-state index in [9.17, 15) is 10.1 Å². The Morgan fingerprint density at radius 3 is 2.32 bits per heavy atom. The summed E-state index contributed by atoms with van der Waals surface area (Å²) in [5.41, 5.74) is 5.63. The predicted octanol–water partition coefficient (Wildman–Crippen LogP) is 2.97. The lowest BCUT2D eigenvalue weighted by Crippen LogP contribution is -2.23. The summed E-state index contributed by atoms with van der Waals surface area (Å²) in [6, 6.07) is 16.0. The second-order valence-electron chi connectivity index (χ2n) is 5.08. The maximum absolute atomic E-state index is 10.7. The standard InChI is InChI=1S/C16H18N4O2/c1-19(2)12-16(18-17-14-6-4-3-5-7-14)13-8-10-15(11-9-13)20(21)22/h3-11,17H,12H2,1-2H3/b18-16-. The van der Waals surface area contributed by atoms with Crippen LogP contribution >= 0.6 is 0 Å². The van der Waals surface area contributed by atoms with Crippen LogP contribution in [0.2, 0.25) is 0 Å². The van der Waals surface area contributed by atoms with Crippen LogP contribution in [-0.4, -0.2) is 36.2 Å². The average molecular weight is 298 g/mol. The van der Waals surface area contributed by atoms with Crippen LogP contribution in [0.3, 0.4) is 0 Å². The van der Waals surface area contributed by atoms with Gasteiger partial charge in [0.25, 0.3) is 5.69 Å². The van der Waals surface area contributed by atoms with Crippen molar-refractivity contribution < 1.29 is 4.92 Å². The summed E-state index contributed by atoms with van der Waals surface area (Å²) in [5, 5.41) is 15.2. The van der Waals surface area contributed by atoms with Crippen LogP contribution in [0.5, 0.6) is 0 Å². The van der Waals surface area contributed by atoms with E-state index in [-0.39, 0.29) is 5.69 Å². The molecule has 0 amide bonds. The third-order valence-corrected chi connectivity index (χ3v) is 2.97. The summed E-state index contributed by atoms with van der Waals surface area (Å²) < 4.78 is 0. The Balaban J connectivity index is 2.23. The molecular weight excluding hydrogens is 280 g/mol. The zero-order chi connectivity index (χ0) is 15.9. The number of benzene rings is 2. The third kappa shape index (κ3) is 4.39. The molecule has 2 aromatic carbocycles. The number of nitro groups is 1. The molecule has 0 aliphatic rings. The highest BCUT2D eigenvalue weighted by molar-refractivity contribution is 6.02. The summed E-state index contributed by atoms with van der Waals surface area (Å²) in [7, 11) is 3.90. The van der Waals surface area contributed by atoms with Gasteiger partial charge in [-0.3, -0.25) is 15.5 Å². The van der Waals surface area contributed by atoms with Gasteiger partial charge in [-0.2, -0.15) is 5.10 Å². The molecule has 0 spiro atoms. The van der Waals surface area contributed by atoms with Gasteiger partial charge in [-0.05, 0) is 43.9 Å². The minimum Gasteiger partial charge on any atom is -0.303 e. The summed E-state index contributed by atoms with van der Waals surface area (Å²) in [6.07, 6.45) is 0. The second kappa shape index (κ2) is 7.33. The van der Waals surface area contributed by atoms with E-state index in [4.69, 9.17) is 0 Å². The van der Waals surface area contributed by atoms with Crippen LogP contribution in [-0.2, 0) is 0 Å². The van der Waals surface area contributed by atoms with Gasteiger partial charge < -0.3 is 4.90 Å². The van der Waals surface area contributed by atoms with Gasteiger partial charge in [-0.1, -0.05) is 18.2 Å². The molecule has 0 aliphatic carbocycles. The molecule has 0 atom stereocenters. The van der Waals surface area contributed by atoms with Crippen LogP contribution in [0.15, 0.2) is 59.7 Å². The van der Waals surface area contributed by atoms with Crippen molar-refractivity contribution in [3.8, 4) is 0 Å². The Morgan fingerprint density at radius 1 is 1.14 bits per heavy atom. The van der Waals surface area contributed by atoms with E-state index in [1.807, 2.05) is 49.3 Å². The van der Waals surface area contributed by atoms with E-state index in [0.29, 0.717) is 6.54 Å². The number of likely N-dealkylation sites (N-methyl/N-ethyl adjacent to an activating group) is 1.